The summed E-state index contributed by atoms with van der Waals surface area (Å²) in [6.45, 7) is 4.15. The van der Waals surface area contributed by atoms with E-state index in [-0.39, 0.29) is 25.2 Å². The number of aliphatic hydroxyl groups excluding tert-OH is 1. The highest BCUT2D eigenvalue weighted by Crippen LogP contribution is 2.17. The number of allylic oxidation sites excluding steroid dienone is 6. The summed E-state index contributed by atoms with van der Waals surface area (Å²) >= 11 is 0. The number of hydrogen-bond acceptors (Lipinski definition) is 5. The van der Waals surface area contributed by atoms with Gasteiger partial charge in [-0.05, 0) is 70.6 Å². The molecule has 1 N–H and O–H groups in total. The van der Waals surface area contributed by atoms with E-state index in [4.69, 9.17) is 9.47 Å². The van der Waals surface area contributed by atoms with Crippen molar-refractivity contribution in [2.75, 3.05) is 13.2 Å². The summed E-state index contributed by atoms with van der Waals surface area (Å²) in [7, 11) is 0. The van der Waals surface area contributed by atoms with Crippen LogP contribution in [0.15, 0.2) is 36.5 Å². The molecule has 5 nitrogen and oxygen atoms in total. The monoisotopic (exact) mass is 871 g/mol. The number of carbonyl (C=O) groups is 2. The predicted octanol–water partition coefficient (Wildman–Crippen LogP) is 18.3. The Morgan fingerprint density at radius 3 is 0.968 bits per heavy atom. The van der Waals surface area contributed by atoms with E-state index < -0.39 is 6.10 Å². The molecule has 0 aromatic rings. The van der Waals surface area contributed by atoms with Crippen molar-refractivity contribution in [1.82, 2.24) is 0 Å². The molecule has 0 spiro atoms. The molecule has 5 heteroatoms. The summed E-state index contributed by atoms with van der Waals surface area (Å²) in [5, 5.41) is 9.62. The molecule has 1 atom stereocenters. The van der Waals surface area contributed by atoms with Crippen molar-refractivity contribution in [3.05, 3.63) is 36.5 Å². The third-order valence-electron chi connectivity index (χ3n) is 12.4. The second-order valence-electron chi connectivity index (χ2n) is 18.7. The van der Waals surface area contributed by atoms with Crippen LogP contribution in [0.2, 0.25) is 0 Å². The summed E-state index contributed by atoms with van der Waals surface area (Å²) in [5.74, 6) is -0.587. The average Bonchev–Trinajstić information content (AvgIpc) is 3.28. The molecule has 0 aliphatic rings. The molecular formula is C57H106O5. The highest BCUT2D eigenvalue weighted by atomic mass is 16.6. The van der Waals surface area contributed by atoms with Gasteiger partial charge in [-0.1, -0.05) is 249 Å². The van der Waals surface area contributed by atoms with Gasteiger partial charge in [0.05, 0.1) is 6.61 Å². The molecule has 62 heavy (non-hydrogen) atoms. The molecule has 0 saturated carbocycles. The van der Waals surface area contributed by atoms with Gasteiger partial charge in [0.1, 0.15) is 6.61 Å². The third kappa shape index (κ3) is 50.8. The molecule has 0 fully saturated rings. The quantitative estimate of drug-likeness (QED) is 0.0374. The summed E-state index contributed by atoms with van der Waals surface area (Å²) < 4.78 is 10.7. The Morgan fingerprint density at radius 2 is 0.645 bits per heavy atom. The van der Waals surface area contributed by atoms with E-state index in [1.807, 2.05) is 0 Å². The second kappa shape index (κ2) is 53.5. The minimum atomic E-state index is -0.772. The molecule has 0 saturated heterocycles. The zero-order chi connectivity index (χ0) is 44.9. The lowest BCUT2D eigenvalue weighted by molar-refractivity contribution is -0.161. The first kappa shape index (κ1) is 60.1. The van der Waals surface area contributed by atoms with Crippen molar-refractivity contribution >= 4 is 11.9 Å². The number of carbonyl (C=O) groups excluding carboxylic acids is 2. The Bertz CT molecular complexity index is 986. The van der Waals surface area contributed by atoms with Crippen LogP contribution in [0.3, 0.4) is 0 Å². The van der Waals surface area contributed by atoms with Crippen LogP contribution in [-0.2, 0) is 19.1 Å². The smallest absolute Gasteiger partial charge is 0.306 e. The number of hydrogen-bond donors (Lipinski definition) is 1. The van der Waals surface area contributed by atoms with Crippen LogP contribution in [0.5, 0.6) is 0 Å². The highest BCUT2D eigenvalue weighted by Gasteiger charge is 2.16. The Balaban J connectivity index is 3.41. The van der Waals surface area contributed by atoms with E-state index in [0.717, 1.165) is 51.4 Å². The summed E-state index contributed by atoms with van der Waals surface area (Å²) in [4.78, 5) is 24.4. The number of unbranched alkanes of at least 4 members (excludes halogenated alkanes) is 37. The first-order valence-electron chi connectivity index (χ1n) is 27.5. The largest absolute Gasteiger partial charge is 0.462 e. The molecule has 0 aromatic heterocycles. The van der Waals surface area contributed by atoms with Crippen LogP contribution in [0.25, 0.3) is 0 Å². The molecule has 0 bridgehead atoms. The Morgan fingerprint density at radius 1 is 0.371 bits per heavy atom. The van der Waals surface area contributed by atoms with Gasteiger partial charge in [-0.25, -0.2) is 0 Å². The zero-order valence-corrected chi connectivity index (χ0v) is 41.6. The van der Waals surface area contributed by atoms with Crippen LogP contribution in [0, 0.1) is 0 Å². The molecule has 0 aliphatic carbocycles. The second-order valence-corrected chi connectivity index (χ2v) is 18.7. The fraction of sp³-hybridized carbons (Fsp3) is 0.860. The van der Waals surface area contributed by atoms with E-state index in [1.54, 1.807) is 0 Å². The molecule has 0 amide bonds. The minimum Gasteiger partial charge on any atom is -0.462 e. The highest BCUT2D eigenvalue weighted by molar-refractivity contribution is 5.70. The molecule has 0 rings (SSSR count). The molecule has 364 valence electrons. The molecule has 0 aliphatic heterocycles. The number of ether oxygens (including phenoxy) is 2. The lowest BCUT2D eigenvalue weighted by Gasteiger charge is -2.15. The van der Waals surface area contributed by atoms with Gasteiger partial charge < -0.3 is 14.6 Å². The summed E-state index contributed by atoms with van der Waals surface area (Å²) in [6.07, 6.45) is 68.4. The molecule has 0 heterocycles. The van der Waals surface area contributed by atoms with Crippen molar-refractivity contribution in [1.29, 1.82) is 0 Å². The van der Waals surface area contributed by atoms with Crippen LogP contribution in [-0.4, -0.2) is 36.4 Å². The van der Waals surface area contributed by atoms with E-state index in [2.05, 4.69) is 50.3 Å². The zero-order valence-electron chi connectivity index (χ0n) is 41.6. The maximum atomic E-state index is 12.3. The predicted molar refractivity (Wildman–Crippen MR) is 270 cm³/mol. The number of rotatable bonds is 51. The van der Waals surface area contributed by atoms with Gasteiger partial charge in [0.15, 0.2) is 6.10 Å². The first-order valence-corrected chi connectivity index (χ1v) is 27.5. The SMILES string of the molecule is CCCCCCC/C=C\C/C=C\CCCCCCCCCCCCCCCCCCCCCCCC(=O)OC(CO)COC(=O)CCCCCCC/C=C\CCCCCCCC. The maximum Gasteiger partial charge on any atom is 0.306 e. The maximum absolute atomic E-state index is 12.3. The van der Waals surface area contributed by atoms with Crippen LogP contribution in [0.4, 0.5) is 0 Å². The van der Waals surface area contributed by atoms with Gasteiger partial charge in [-0.2, -0.15) is 0 Å². The molecule has 0 radical (unpaired) electrons. The van der Waals surface area contributed by atoms with E-state index in [1.165, 1.54) is 218 Å². The normalized spacial score (nSPS) is 12.4. The Kier molecular flexibility index (Phi) is 51.8. The standard InChI is InChI=1S/C57H106O5/c1-3-5-7-9-11-13-15-17-19-20-21-22-23-24-25-26-27-28-29-30-31-32-33-34-35-36-38-40-42-44-46-48-50-52-57(60)62-55(53-58)54-61-56(59)51-49-47-45-43-41-39-37-18-16-14-12-10-8-6-4-2/h15,17-18,20-21,37,55,58H,3-14,16,19,22-36,38-54H2,1-2H3/b17-15-,21-20-,37-18-. The van der Waals surface area contributed by atoms with Crippen molar-refractivity contribution in [2.24, 2.45) is 0 Å². The lowest BCUT2D eigenvalue weighted by Crippen LogP contribution is -2.28. The fourth-order valence-corrected chi connectivity index (χ4v) is 8.23. The summed E-state index contributed by atoms with van der Waals surface area (Å²) in [5.41, 5.74) is 0. The number of aliphatic hydroxyl groups is 1. The number of esters is 2. The van der Waals surface area contributed by atoms with Crippen molar-refractivity contribution in [3.63, 3.8) is 0 Å². The summed E-state index contributed by atoms with van der Waals surface area (Å²) in [6, 6.07) is 0. The van der Waals surface area contributed by atoms with Crippen molar-refractivity contribution in [3.8, 4) is 0 Å². The van der Waals surface area contributed by atoms with Gasteiger partial charge in [0, 0.05) is 12.8 Å². The van der Waals surface area contributed by atoms with Crippen LogP contribution >= 0.6 is 0 Å². The van der Waals surface area contributed by atoms with E-state index in [0.29, 0.717) is 12.8 Å². The average molecular weight is 871 g/mol. The van der Waals surface area contributed by atoms with Crippen molar-refractivity contribution < 1.29 is 24.2 Å². The lowest BCUT2D eigenvalue weighted by atomic mass is 10.0. The van der Waals surface area contributed by atoms with Gasteiger partial charge in [-0.3, -0.25) is 9.59 Å². The van der Waals surface area contributed by atoms with E-state index >= 15 is 0 Å². The first-order chi connectivity index (χ1) is 30.6. The van der Waals surface area contributed by atoms with Gasteiger partial charge >= 0.3 is 11.9 Å². The van der Waals surface area contributed by atoms with E-state index in [9.17, 15) is 14.7 Å². The minimum absolute atomic E-state index is 0.0659. The molecule has 0 aromatic carbocycles. The van der Waals surface area contributed by atoms with Gasteiger partial charge in [0.25, 0.3) is 0 Å². The van der Waals surface area contributed by atoms with Crippen LogP contribution < -0.4 is 0 Å². The topological polar surface area (TPSA) is 72.8 Å². The van der Waals surface area contributed by atoms with Gasteiger partial charge in [0.2, 0.25) is 0 Å². The van der Waals surface area contributed by atoms with Crippen molar-refractivity contribution in [2.45, 2.75) is 302 Å². The molecular weight excluding hydrogens is 765 g/mol. The molecule has 1 unspecified atom stereocenters. The Labute approximate surface area is 386 Å². The third-order valence-corrected chi connectivity index (χ3v) is 12.4. The van der Waals surface area contributed by atoms with Gasteiger partial charge in [-0.15, -0.1) is 0 Å². The fourth-order valence-electron chi connectivity index (χ4n) is 8.23. The Hall–Kier alpha value is -1.88. The van der Waals surface area contributed by atoms with Crippen LogP contribution in [0.1, 0.15) is 296 Å².